The molecular formula is C16H18F4N8O. The zero-order chi connectivity index (χ0) is 20.4. The van der Waals surface area contributed by atoms with Crippen LogP contribution in [0.4, 0.5) is 29.3 Å². The van der Waals surface area contributed by atoms with Crippen molar-refractivity contribution in [2.24, 2.45) is 5.92 Å². The van der Waals surface area contributed by atoms with Gasteiger partial charge in [0.25, 0.3) is 0 Å². The first-order valence-corrected chi connectivity index (χ1v) is 8.92. The van der Waals surface area contributed by atoms with Crippen molar-refractivity contribution in [3.63, 3.8) is 0 Å². The summed E-state index contributed by atoms with van der Waals surface area (Å²) >= 11 is 0. The molecule has 0 spiro atoms. The summed E-state index contributed by atoms with van der Waals surface area (Å²) in [6.07, 6.45) is -0.619. The maximum absolute atomic E-state index is 13.9. The highest BCUT2D eigenvalue weighted by Crippen LogP contribution is 2.27. The molecule has 3 N–H and O–H groups in total. The highest BCUT2D eigenvalue weighted by atomic mass is 19.4. The Balaban J connectivity index is 1.62. The summed E-state index contributed by atoms with van der Waals surface area (Å²) in [6.45, 7) is -0.453. The second-order valence-corrected chi connectivity index (χ2v) is 6.64. The maximum Gasteiger partial charge on any atom is 0.405 e. The predicted octanol–water partition coefficient (Wildman–Crippen LogP) is 2.28. The number of nitrogens with zero attached hydrogens (tertiary/aromatic N) is 5. The van der Waals surface area contributed by atoms with E-state index in [1.165, 1.54) is 23.1 Å². The van der Waals surface area contributed by atoms with Crippen LogP contribution in [0.5, 0.6) is 0 Å². The Morgan fingerprint density at radius 3 is 2.86 bits per heavy atom. The highest BCUT2D eigenvalue weighted by Gasteiger charge is 2.29. The van der Waals surface area contributed by atoms with Crippen molar-refractivity contribution in [1.29, 1.82) is 0 Å². The first-order chi connectivity index (χ1) is 13.9. The van der Waals surface area contributed by atoms with E-state index in [2.05, 4.69) is 35.9 Å². The molecule has 0 amide bonds. The molecule has 29 heavy (non-hydrogen) atoms. The van der Waals surface area contributed by atoms with Crippen molar-refractivity contribution >= 4 is 17.4 Å². The van der Waals surface area contributed by atoms with Crippen molar-refractivity contribution in [3.05, 3.63) is 18.6 Å². The SMILES string of the molecule is F[C@@H]1COCC[C@@H]1CNc1nc2cnc(-c3cn[nH]c3)c(NCC(F)(F)F)n2n1. The molecule has 2 atom stereocenters. The molecule has 4 rings (SSSR count). The van der Waals surface area contributed by atoms with Gasteiger partial charge in [-0.15, -0.1) is 5.10 Å². The van der Waals surface area contributed by atoms with Crippen molar-refractivity contribution in [1.82, 2.24) is 29.8 Å². The van der Waals surface area contributed by atoms with E-state index in [0.29, 0.717) is 18.6 Å². The number of rotatable bonds is 6. The third-order valence-corrected chi connectivity index (χ3v) is 4.55. The molecule has 156 valence electrons. The number of ether oxygens (including phenoxy) is 1. The molecule has 0 aromatic carbocycles. The van der Waals surface area contributed by atoms with E-state index in [-0.39, 0.29) is 42.2 Å². The zero-order valence-corrected chi connectivity index (χ0v) is 15.1. The molecule has 1 aliphatic heterocycles. The largest absolute Gasteiger partial charge is 0.405 e. The number of hydrogen-bond donors (Lipinski definition) is 3. The average Bonchev–Trinajstić information content (AvgIpc) is 3.34. The minimum atomic E-state index is -4.43. The summed E-state index contributed by atoms with van der Waals surface area (Å²) in [5.41, 5.74) is 0.970. The average molecular weight is 414 g/mol. The van der Waals surface area contributed by atoms with Crippen LogP contribution >= 0.6 is 0 Å². The van der Waals surface area contributed by atoms with Gasteiger partial charge in [0, 0.05) is 30.8 Å². The van der Waals surface area contributed by atoms with Gasteiger partial charge in [0.2, 0.25) is 5.95 Å². The molecule has 0 aliphatic carbocycles. The minimum absolute atomic E-state index is 0.0243. The molecule has 0 radical (unpaired) electrons. The predicted molar refractivity (Wildman–Crippen MR) is 95.2 cm³/mol. The number of alkyl halides is 4. The van der Waals surface area contributed by atoms with E-state index >= 15 is 0 Å². The Labute approximate surface area is 161 Å². The zero-order valence-electron chi connectivity index (χ0n) is 15.1. The fourth-order valence-corrected chi connectivity index (χ4v) is 3.06. The molecule has 1 saturated heterocycles. The Bertz CT molecular complexity index is 958. The summed E-state index contributed by atoms with van der Waals surface area (Å²) in [4.78, 5) is 8.44. The van der Waals surface area contributed by atoms with Crippen LogP contribution in [0, 0.1) is 5.92 Å². The molecule has 9 nitrogen and oxygen atoms in total. The summed E-state index contributed by atoms with van der Waals surface area (Å²) in [7, 11) is 0. The van der Waals surface area contributed by atoms with Crippen LogP contribution in [-0.4, -0.2) is 68.4 Å². The van der Waals surface area contributed by atoms with Gasteiger partial charge < -0.3 is 15.4 Å². The number of fused-ring (bicyclic) bond motifs is 1. The summed E-state index contributed by atoms with van der Waals surface area (Å²) < 4.78 is 58.5. The van der Waals surface area contributed by atoms with E-state index < -0.39 is 18.9 Å². The third kappa shape index (κ3) is 4.39. The van der Waals surface area contributed by atoms with Gasteiger partial charge in [-0.25, -0.2) is 9.37 Å². The number of anilines is 2. The molecule has 0 bridgehead atoms. The number of aromatic nitrogens is 6. The molecule has 3 aromatic rings. The second-order valence-electron chi connectivity index (χ2n) is 6.64. The molecule has 3 aromatic heterocycles. The Morgan fingerprint density at radius 2 is 2.14 bits per heavy atom. The lowest BCUT2D eigenvalue weighted by atomic mass is 9.99. The molecule has 13 heteroatoms. The van der Waals surface area contributed by atoms with Crippen LogP contribution in [0.25, 0.3) is 16.9 Å². The number of aromatic amines is 1. The van der Waals surface area contributed by atoms with Crippen LogP contribution in [0.3, 0.4) is 0 Å². The van der Waals surface area contributed by atoms with Gasteiger partial charge in [-0.2, -0.15) is 27.8 Å². The van der Waals surface area contributed by atoms with Gasteiger partial charge in [-0.3, -0.25) is 5.10 Å². The molecule has 4 heterocycles. The van der Waals surface area contributed by atoms with Gasteiger partial charge in [-0.05, 0) is 6.42 Å². The summed E-state index contributed by atoms with van der Waals surface area (Å²) in [6, 6.07) is 0. The Hall–Kier alpha value is -2.96. The van der Waals surface area contributed by atoms with Gasteiger partial charge in [0.05, 0.1) is 19.0 Å². The van der Waals surface area contributed by atoms with E-state index in [0.717, 1.165) is 0 Å². The Kier molecular flexibility index (Phi) is 5.22. The van der Waals surface area contributed by atoms with E-state index in [4.69, 9.17) is 4.74 Å². The summed E-state index contributed by atoms with van der Waals surface area (Å²) in [5.74, 6) is -0.0566. The van der Waals surface area contributed by atoms with Gasteiger partial charge in [0.15, 0.2) is 11.5 Å². The molecule has 1 fully saturated rings. The topological polar surface area (TPSA) is 105 Å². The second kappa shape index (κ2) is 7.81. The quantitative estimate of drug-likeness (QED) is 0.532. The number of halogens is 4. The fraction of sp³-hybridized carbons (Fsp3) is 0.500. The first kappa shape index (κ1) is 19.4. The normalized spacial score (nSPS) is 20.1. The van der Waals surface area contributed by atoms with E-state index in [9.17, 15) is 17.6 Å². The van der Waals surface area contributed by atoms with Crippen LogP contribution < -0.4 is 10.6 Å². The maximum atomic E-state index is 13.9. The van der Waals surface area contributed by atoms with Crippen LogP contribution in [0.2, 0.25) is 0 Å². The van der Waals surface area contributed by atoms with Crippen molar-refractivity contribution in [3.8, 4) is 11.3 Å². The van der Waals surface area contributed by atoms with Crippen molar-refractivity contribution < 1.29 is 22.3 Å². The molecular weight excluding hydrogens is 396 g/mol. The molecule has 0 saturated carbocycles. The fourth-order valence-electron chi connectivity index (χ4n) is 3.06. The van der Waals surface area contributed by atoms with Crippen molar-refractivity contribution in [2.45, 2.75) is 18.8 Å². The third-order valence-electron chi connectivity index (χ3n) is 4.55. The first-order valence-electron chi connectivity index (χ1n) is 8.92. The number of hydrogen-bond acceptors (Lipinski definition) is 7. The highest BCUT2D eigenvalue weighted by molar-refractivity contribution is 5.72. The molecule has 0 unspecified atom stereocenters. The Morgan fingerprint density at radius 1 is 1.28 bits per heavy atom. The van der Waals surface area contributed by atoms with E-state index in [1.54, 1.807) is 0 Å². The minimum Gasteiger partial charge on any atom is -0.378 e. The lowest BCUT2D eigenvalue weighted by Crippen LogP contribution is -2.33. The number of nitrogens with one attached hydrogen (secondary N) is 3. The monoisotopic (exact) mass is 414 g/mol. The lowest BCUT2D eigenvalue weighted by molar-refractivity contribution is -0.115. The standard InChI is InChI=1S/C16H18F4N8O/c17-11-7-29-2-1-9(11)3-22-15-26-12-6-21-13(10-4-24-25-5-10)14(28(12)27-15)23-8-16(18,19)20/h4-6,9,11,23H,1-3,7-8H2,(H,22,27)(H,24,25)/t9-,11-/m1/s1. The van der Waals surface area contributed by atoms with Crippen LogP contribution in [0.1, 0.15) is 6.42 Å². The van der Waals surface area contributed by atoms with Crippen LogP contribution in [-0.2, 0) is 4.74 Å². The van der Waals surface area contributed by atoms with E-state index in [1.807, 2.05) is 0 Å². The smallest absolute Gasteiger partial charge is 0.378 e. The molecule has 1 aliphatic rings. The van der Waals surface area contributed by atoms with Crippen LogP contribution in [0.15, 0.2) is 18.6 Å². The summed E-state index contributed by atoms with van der Waals surface area (Å²) in [5, 5.41) is 15.9. The van der Waals surface area contributed by atoms with Gasteiger partial charge in [0.1, 0.15) is 18.4 Å². The number of H-pyrrole nitrogens is 1. The van der Waals surface area contributed by atoms with Gasteiger partial charge in [-0.1, -0.05) is 0 Å². The lowest BCUT2D eigenvalue weighted by Gasteiger charge is -2.25. The van der Waals surface area contributed by atoms with Gasteiger partial charge >= 0.3 is 6.18 Å². The van der Waals surface area contributed by atoms with Crippen molar-refractivity contribution in [2.75, 3.05) is 36.9 Å².